The van der Waals surface area contributed by atoms with Crippen LogP contribution in [0.2, 0.25) is 0 Å². The van der Waals surface area contributed by atoms with Crippen molar-refractivity contribution in [1.29, 1.82) is 0 Å². The molecule has 1 aromatic heterocycles. The topological polar surface area (TPSA) is 77.9 Å². The maximum Gasteiger partial charge on any atom is 0.335 e. The molecule has 0 spiro atoms. The molecule has 192 valence electrons. The van der Waals surface area contributed by atoms with E-state index >= 15 is 0 Å². The van der Waals surface area contributed by atoms with Crippen LogP contribution >= 0.6 is 11.3 Å². The monoisotopic (exact) mass is 509 g/mol. The van der Waals surface area contributed by atoms with Crippen LogP contribution in [0, 0.1) is 5.92 Å². The summed E-state index contributed by atoms with van der Waals surface area (Å²) in [6.07, 6.45) is 6.44. The molecule has 1 N–H and O–H groups in total. The van der Waals surface area contributed by atoms with Crippen molar-refractivity contribution in [1.82, 2.24) is 4.98 Å². The summed E-state index contributed by atoms with van der Waals surface area (Å²) in [6, 6.07) is 15.8. The van der Waals surface area contributed by atoms with E-state index in [1.165, 1.54) is 5.56 Å². The van der Waals surface area contributed by atoms with Crippen molar-refractivity contribution < 1.29 is 24.1 Å². The normalized spacial score (nSPS) is 22.0. The third-order valence-electron chi connectivity index (χ3n) is 7.29. The first-order valence-corrected chi connectivity index (χ1v) is 13.3. The molecule has 36 heavy (non-hydrogen) atoms. The summed E-state index contributed by atoms with van der Waals surface area (Å²) in [6.45, 7) is 6.10. The number of nitrogens with zero attached hydrogens (tertiary/aromatic N) is 1. The van der Waals surface area contributed by atoms with Crippen LogP contribution in [0.25, 0.3) is 21.0 Å². The van der Waals surface area contributed by atoms with Gasteiger partial charge in [0.15, 0.2) is 0 Å². The first kappa shape index (κ1) is 26.5. The molecule has 3 atom stereocenters. The summed E-state index contributed by atoms with van der Waals surface area (Å²) < 4.78 is 16.6. The Balaban J connectivity index is 1.40. The van der Waals surface area contributed by atoms with E-state index in [4.69, 9.17) is 19.3 Å². The molecule has 0 radical (unpaired) electrons. The Morgan fingerprint density at radius 2 is 1.83 bits per heavy atom. The van der Waals surface area contributed by atoms with Crippen LogP contribution in [0.4, 0.5) is 0 Å². The van der Waals surface area contributed by atoms with E-state index in [0.717, 1.165) is 46.7 Å². The zero-order chi connectivity index (χ0) is 25.5. The number of benzene rings is 2. The van der Waals surface area contributed by atoms with E-state index in [2.05, 4.69) is 43.1 Å². The number of rotatable bonds is 11. The van der Waals surface area contributed by atoms with Crippen molar-refractivity contribution in [2.45, 2.75) is 51.0 Å². The van der Waals surface area contributed by atoms with E-state index < -0.39 is 5.97 Å². The van der Waals surface area contributed by atoms with Gasteiger partial charge in [-0.05, 0) is 53.9 Å². The lowest BCUT2D eigenvalue weighted by Crippen LogP contribution is -2.39. The van der Waals surface area contributed by atoms with Crippen molar-refractivity contribution in [2.75, 3.05) is 27.1 Å². The fourth-order valence-corrected chi connectivity index (χ4v) is 5.99. The van der Waals surface area contributed by atoms with E-state index in [1.807, 2.05) is 18.3 Å². The van der Waals surface area contributed by atoms with Gasteiger partial charge < -0.3 is 19.3 Å². The van der Waals surface area contributed by atoms with Gasteiger partial charge in [0, 0.05) is 18.9 Å². The van der Waals surface area contributed by atoms with Gasteiger partial charge in [-0.25, -0.2) is 9.78 Å². The summed E-state index contributed by atoms with van der Waals surface area (Å²) in [5.41, 5.74) is 3.84. The van der Waals surface area contributed by atoms with Gasteiger partial charge in [0.25, 0.3) is 0 Å². The summed E-state index contributed by atoms with van der Waals surface area (Å²) in [5.74, 6) is -0.417. The van der Waals surface area contributed by atoms with E-state index in [1.54, 1.807) is 30.6 Å². The van der Waals surface area contributed by atoms with Gasteiger partial charge in [-0.1, -0.05) is 56.7 Å². The third kappa shape index (κ3) is 6.21. The minimum Gasteiger partial charge on any atom is -0.478 e. The first-order chi connectivity index (χ1) is 17.4. The van der Waals surface area contributed by atoms with Gasteiger partial charge in [-0.2, -0.15) is 0 Å². The van der Waals surface area contributed by atoms with Gasteiger partial charge in [0.05, 0.1) is 29.8 Å². The van der Waals surface area contributed by atoms with Crippen LogP contribution < -0.4 is 0 Å². The fraction of sp³-hybridized carbons (Fsp3) is 0.448. The Labute approximate surface area is 217 Å². The molecule has 7 heteroatoms. The molecule has 1 saturated carbocycles. The van der Waals surface area contributed by atoms with Gasteiger partial charge in [-0.3, -0.25) is 0 Å². The van der Waals surface area contributed by atoms with Crippen molar-refractivity contribution in [2.24, 2.45) is 5.92 Å². The molecular formula is C29H35NO5S. The number of hydrogen-bond acceptors (Lipinski definition) is 6. The number of hydrogen-bond donors (Lipinski definition) is 1. The van der Waals surface area contributed by atoms with Crippen molar-refractivity contribution in [3.8, 4) is 21.0 Å². The minimum atomic E-state index is -0.923. The molecule has 4 rings (SSSR count). The lowest BCUT2D eigenvalue weighted by atomic mass is 9.65. The number of methoxy groups -OCH3 is 1. The standard InChI is InChI=1S/C29H35NO5S/c1-4-20-17-29(2,14-13-25(20)35-19-34-16-15-33-3)24-11-9-21(10-12-24)26-18-30-27(36-26)22-5-7-23(8-6-22)28(31)32/h5-12,18,20,25H,4,13-17,19H2,1-3H3,(H,31,32). The number of aromatic carboxylic acids is 1. The molecule has 0 amide bonds. The quantitative estimate of drug-likeness (QED) is 0.230. The van der Waals surface area contributed by atoms with Gasteiger partial charge >= 0.3 is 5.97 Å². The number of aromatic nitrogens is 1. The number of carboxylic acids is 1. The van der Waals surface area contributed by atoms with Crippen molar-refractivity contribution in [3.05, 3.63) is 65.9 Å². The molecule has 1 aliphatic carbocycles. The average molecular weight is 510 g/mol. The Morgan fingerprint density at radius 3 is 2.50 bits per heavy atom. The Bertz CT molecular complexity index is 1130. The number of thiazole rings is 1. The smallest absolute Gasteiger partial charge is 0.335 e. The number of ether oxygens (including phenoxy) is 3. The lowest BCUT2D eigenvalue weighted by molar-refractivity contribution is -0.127. The second-order valence-corrected chi connectivity index (χ2v) is 10.7. The highest BCUT2D eigenvalue weighted by Gasteiger charge is 2.38. The summed E-state index contributed by atoms with van der Waals surface area (Å²) in [5, 5.41) is 9.99. The third-order valence-corrected chi connectivity index (χ3v) is 8.39. The largest absolute Gasteiger partial charge is 0.478 e. The summed E-state index contributed by atoms with van der Waals surface area (Å²) >= 11 is 1.62. The maximum atomic E-state index is 11.1. The van der Waals surface area contributed by atoms with Gasteiger partial charge in [0.1, 0.15) is 11.8 Å². The molecule has 1 fully saturated rings. The van der Waals surface area contributed by atoms with Crippen LogP contribution in [0.1, 0.15) is 55.5 Å². The van der Waals surface area contributed by atoms with Crippen LogP contribution in [-0.4, -0.2) is 49.3 Å². The highest BCUT2D eigenvalue weighted by molar-refractivity contribution is 7.18. The predicted molar refractivity (Wildman–Crippen MR) is 142 cm³/mol. The highest BCUT2D eigenvalue weighted by atomic mass is 32.1. The molecule has 0 aliphatic heterocycles. The predicted octanol–water partition coefficient (Wildman–Crippen LogP) is 6.65. The molecule has 2 aromatic carbocycles. The maximum absolute atomic E-state index is 11.1. The van der Waals surface area contributed by atoms with Crippen LogP contribution in [0.5, 0.6) is 0 Å². The summed E-state index contributed by atoms with van der Waals surface area (Å²) in [7, 11) is 1.67. The molecule has 1 heterocycles. The molecule has 3 aromatic rings. The minimum absolute atomic E-state index is 0.126. The summed E-state index contributed by atoms with van der Waals surface area (Å²) in [4.78, 5) is 16.8. The zero-order valence-corrected chi connectivity index (χ0v) is 22.1. The van der Waals surface area contributed by atoms with E-state index in [-0.39, 0.29) is 17.1 Å². The molecule has 0 saturated heterocycles. The molecule has 0 bridgehead atoms. The fourth-order valence-electron chi connectivity index (χ4n) is 5.07. The average Bonchev–Trinajstić information content (AvgIpc) is 3.40. The van der Waals surface area contributed by atoms with E-state index in [0.29, 0.717) is 25.9 Å². The molecule has 1 aliphatic rings. The second-order valence-electron chi connectivity index (χ2n) is 9.69. The lowest BCUT2D eigenvalue weighted by Gasteiger charge is -2.42. The highest BCUT2D eigenvalue weighted by Crippen LogP contribution is 2.44. The van der Waals surface area contributed by atoms with Crippen LogP contribution in [-0.2, 0) is 19.6 Å². The van der Waals surface area contributed by atoms with Gasteiger partial charge in [0.2, 0.25) is 0 Å². The zero-order valence-electron chi connectivity index (χ0n) is 21.2. The van der Waals surface area contributed by atoms with Crippen LogP contribution in [0.15, 0.2) is 54.7 Å². The Hall–Kier alpha value is -2.58. The Kier molecular flexibility index (Phi) is 8.90. The van der Waals surface area contributed by atoms with Gasteiger partial charge in [-0.15, -0.1) is 11.3 Å². The number of carbonyl (C=O) groups is 1. The SMILES string of the molecule is CCC1CC(C)(c2ccc(-c3cnc(-c4ccc(C(=O)O)cc4)s3)cc2)CCC1OCOCCOC. The Morgan fingerprint density at radius 1 is 1.11 bits per heavy atom. The molecular weight excluding hydrogens is 474 g/mol. The van der Waals surface area contributed by atoms with E-state index in [9.17, 15) is 4.79 Å². The second kappa shape index (κ2) is 12.1. The molecule has 6 nitrogen and oxygen atoms in total. The van der Waals surface area contributed by atoms with Crippen molar-refractivity contribution in [3.63, 3.8) is 0 Å². The van der Waals surface area contributed by atoms with Crippen molar-refractivity contribution >= 4 is 17.3 Å². The first-order valence-electron chi connectivity index (χ1n) is 12.5. The van der Waals surface area contributed by atoms with Crippen LogP contribution in [0.3, 0.4) is 0 Å². The molecule has 3 unspecified atom stereocenters. The number of carboxylic acid groups (broad SMARTS) is 1.